The van der Waals surface area contributed by atoms with E-state index in [4.69, 9.17) is 4.74 Å². The van der Waals surface area contributed by atoms with Crippen molar-refractivity contribution in [3.05, 3.63) is 0 Å². The largest absolute Gasteiger partial charge is 0.465 e. The van der Waals surface area contributed by atoms with Gasteiger partial charge in [0.25, 0.3) is 0 Å². The summed E-state index contributed by atoms with van der Waals surface area (Å²) in [6, 6.07) is 0. The Morgan fingerprint density at radius 3 is 2.14 bits per heavy atom. The molecule has 0 aliphatic heterocycles. The van der Waals surface area contributed by atoms with Gasteiger partial charge in [0, 0.05) is 12.3 Å². The lowest BCUT2D eigenvalue weighted by atomic mass is 9.93. The van der Waals surface area contributed by atoms with Crippen molar-refractivity contribution in [2.24, 2.45) is 5.92 Å². The fourth-order valence-electron chi connectivity index (χ4n) is 2.48. The molecule has 0 aliphatic carbocycles. The highest BCUT2D eigenvalue weighted by Crippen LogP contribution is 2.19. The molecular formula is C18H36O3. The van der Waals surface area contributed by atoms with E-state index < -0.39 is 0 Å². The molecule has 1 N–H and O–H groups in total. The van der Waals surface area contributed by atoms with Crippen LogP contribution in [0.3, 0.4) is 0 Å². The topological polar surface area (TPSA) is 46.5 Å². The summed E-state index contributed by atoms with van der Waals surface area (Å²) < 4.78 is 5.38. The summed E-state index contributed by atoms with van der Waals surface area (Å²) in [5.41, 5.74) is 0. The van der Waals surface area contributed by atoms with Crippen LogP contribution in [0.1, 0.15) is 91.4 Å². The predicted molar refractivity (Wildman–Crippen MR) is 88.3 cm³/mol. The molecule has 0 radical (unpaired) electrons. The monoisotopic (exact) mass is 300 g/mol. The number of aliphatic hydroxyl groups excluding tert-OH is 1. The third-order valence-electron chi connectivity index (χ3n) is 4.02. The fourth-order valence-corrected chi connectivity index (χ4v) is 2.48. The van der Waals surface area contributed by atoms with Crippen LogP contribution in [0.5, 0.6) is 0 Å². The minimum Gasteiger partial charge on any atom is -0.465 e. The van der Waals surface area contributed by atoms with Gasteiger partial charge in [-0.3, -0.25) is 4.79 Å². The lowest BCUT2D eigenvalue weighted by molar-refractivity contribution is -0.146. The molecule has 2 unspecified atom stereocenters. The molecule has 2 atom stereocenters. The number of hydrogen-bond acceptors (Lipinski definition) is 3. The zero-order valence-corrected chi connectivity index (χ0v) is 14.4. The molecule has 0 aromatic heterocycles. The van der Waals surface area contributed by atoms with E-state index >= 15 is 0 Å². The van der Waals surface area contributed by atoms with Crippen LogP contribution in [0.25, 0.3) is 0 Å². The van der Waals surface area contributed by atoms with Gasteiger partial charge >= 0.3 is 5.97 Å². The van der Waals surface area contributed by atoms with Gasteiger partial charge in [-0.2, -0.15) is 0 Å². The Morgan fingerprint density at radius 2 is 1.52 bits per heavy atom. The van der Waals surface area contributed by atoms with E-state index in [1.54, 1.807) is 0 Å². The van der Waals surface area contributed by atoms with E-state index in [0.29, 0.717) is 13.0 Å². The molecule has 0 rings (SSSR count). The Balaban J connectivity index is 4.06. The quantitative estimate of drug-likeness (QED) is 0.368. The molecule has 0 bridgehead atoms. The molecule has 0 amide bonds. The summed E-state index contributed by atoms with van der Waals surface area (Å²) in [6.45, 7) is 6.83. The van der Waals surface area contributed by atoms with Gasteiger partial charge in [0.2, 0.25) is 0 Å². The van der Waals surface area contributed by atoms with Crippen LogP contribution in [0.2, 0.25) is 0 Å². The molecule has 0 aliphatic rings. The van der Waals surface area contributed by atoms with E-state index in [0.717, 1.165) is 57.8 Å². The highest BCUT2D eigenvalue weighted by molar-refractivity contribution is 5.69. The molecule has 0 heterocycles. The Kier molecular flexibility index (Phi) is 14.0. The van der Waals surface area contributed by atoms with E-state index in [-0.39, 0.29) is 18.0 Å². The maximum absolute atomic E-state index is 11.7. The number of unbranched alkanes of at least 4 members (excludes halogenated alkanes) is 5. The van der Waals surface area contributed by atoms with Crippen molar-refractivity contribution in [2.45, 2.75) is 97.5 Å². The number of rotatable bonds is 14. The summed E-state index contributed by atoms with van der Waals surface area (Å²) in [7, 11) is 0. The molecule has 3 heteroatoms. The van der Waals surface area contributed by atoms with Gasteiger partial charge in [-0.1, -0.05) is 65.7 Å². The van der Waals surface area contributed by atoms with Crippen molar-refractivity contribution in [1.29, 1.82) is 0 Å². The second kappa shape index (κ2) is 14.4. The van der Waals surface area contributed by atoms with Gasteiger partial charge < -0.3 is 9.84 Å². The molecule has 3 nitrogen and oxygen atoms in total. The smallest absolute Gasteiger partial charge is 0.305 e. The molecule has 0 aromatic carbocycles. The highest BCUT2D eigenvalue weighted by Gasteiger charge is 2.20. The van der Waals surface area contributed by atoms with Crippen LogP contribution >= 0.6 is 0 Å². The first kappa shape index (κ1) is 20.4. The van der Waals surface area contributed by atoms with E-state index in [2.05, 4.69) is 20.8 Å². The maximum atomic E-state index is 11.7. The molecular weight excluding hydrogens is 264 g/mol. The van der Waals surface area contributed by atoms with Crippen molar-refractivity contribution in [1.82, 2.24) is 0 Å². The van der Waals surface area contributed by atoms with Crippen LogP contribution < -0.4 is 0 Å². The SMILES string of the molecule is CCCCCC(=O)OCC(CCCC)C(O)CCCCC. The van der Waals surface area contributed by atoms with Crippen LogP contribution in [0.4, 0.5) is 0 Å². The molecule has 126 valence electrons. The minimum absolute atomic E-state index is 0.106. The number of ether oxygens (including phenoxy) is 1. The molecule has 0 fully saturated rings. The summed E-state index contributed by atoms with van der Waals surface area (Å²) in [6.07, 6.45) is 10.7. The summed E-state index contributed by atoms with van der Waals surface area (Å²) >= 11 is 0. The third kappa shape index (κ3) is 11.7. The average Bonchev–Trinajstić information content (AvgIpc) is 2.47. The first-order valence-corrected chi connectivity index (χ1v) is 8.99. The van der Waals surface area contributed by atoms with Crippen molar-refractivity contribution >= 4 is 5.97 Å². The van der Waals surface area contributed by atoms with Crippen LogP contribution in [0, 0.1) is 5.92 Å². The first-order chi connectivity index (χ1) is 10.2. The molecule has 21 heavy (non-hydrogen) atoms. The fraction of sp³-hybridized carbons (Fsp3) is 0.944. The number of aliphatic hydroxyl groups is 1. The molecule has 0 saturated heterocycles. The Hall–Kier alpha value is -0.570. The van der Waals surface area contributed by atoms with E-state index in [1.165, 1.54) is 6.42 Å². The molecule has 0 spiro atoms. The zero-order valence-electron chi connectivity index (χ0n) is 14.4. The van der Waals surface area contributed by atoms with Crippen LogP contribution in [-0.2, 0) is 9.53 Å². The standard InChI is InChI=1S/C18H36O3/c1-4-7-10-13-17(19)16(12-9-6-3)15-21-18(20)14-11-8-5-2/h16-17,19H,4-15H2,1-3H3. The van der Waals surface area contributed by atoms with Gasteiger partial charge in [-0.15, -0.1) is 0 Å². The maximum Gasteiger partial charge on any atom is 0.305 e. The average molecular weight is 300 g/mol. The number of esters is 1. The van der Waals surface area contributed by atoms with Gasteiger partial charge in [-0.25, -0.2) is 0 Å². The van der Waals surface area contributed by atoms with Crippen molar-refractivity contribution in [3.63, 3.8) is 0 Å². The summed E-state index contributed by atoms with van der Waals surface area (Å²) in [5, 5.41) is 10.3. The summed E-state index contributed by atoms with van der Waals surface area (Å²) in [5.74, 6) is 0.00244. The highest BCUT2D eigenvalue weighted by atomic mass is 16.5. The number of carbonyl (C=O) groups excluding carboxylic acids is 1. The molecule has 0 aromatic rings. The van der Waals surface area contributed by atoms with Gasteiger partial charge in [-0.05, 0) is 19.3 Å². The third-order valence-corrected chi connectivity index (χ3v) is 4.02. The zero-order chi connectivity index (χ0) is 15.9. The lowest BCUT2D eigenvalue weighted by Crippen LogP contribution is -2.26. The second-order valence-corrected chi connectivity index (χ2v) is 6.11. The lowest BCUT2D eigenvalue weighted by Gasteiger charge is -2.22. The van der Waals surface area contributed by atoms with Crippen LogP contribution in [-0.4, -0.2) is 23.8 Å². The predicted octanol–water partition coefficient (Wildman–Crippen LogP) is 4.86. The second-order valence-electron chi connectivity index (χ2n) is 6.11. The van der Waals surface area contributed by atoms with Crippen LogP contribution in [0.15, 0.2) is 0 Å². The van der Waals surface area contributed by atoms with Crippen molar-refractivity contribution in [3.8, 4) is 0 Å². The van der Waals surface area contributed by atoms with Gasteiger partial charge in [0.15, 0.2) is 0 Å². The van der Waals surface area contributed by atoms with Crippen molar-refractivity contribution in [2.75, 3.05) is 6.61 Å². The minimum atomic E-state index is -0.327. The summed E-state index contributed by atoms with van der Waals surface area (Å²) in [4.78, 5) is 11.7. The van der Waals surface area contributed by atoms with Gasteiger partial charge in [0.05, 0.1) is 12.7 Å². The van der Waals surface area contributed by atoms with Crippen molar-refractivity contribution < 1.29 is 14.6 Å². The van der Waals surface area contributed by atoms with E-state index in [9.17, 15) is 9.90 Å². The Bertz CT molecular complexity index is 241. The number of hydrogen-bond donors (Lipinski definition) is 1. The normalized spacial score (nSPS) is 13.9. The Morgan fingerprint density at radius 1 is 0.905 bits per heavy atom. The Labute approximate surface area is 131 Å². The first-order valence-electron chi connectivity index (χ1n) is 8.99. The van der Waals surface area contributed by atoms with Gasteiger partial charge in [0.1, 0.15) is 0 Å². The van der Waals surface area contributed by atoms with E-state index in [1.807, 2.05) is 0 Å². The number of carbonyl (C=O) groups is 1. The molecule has 0 saturated carbocycles.